The summed E-state index contributed by atoms with van der Waals surface area (Å²) in [5.74, 6) is 0.718. The summed E-state index contributed by atoms with van der Waals surface area (Å²) in [5, 5.41) is 13.2. The number of nitrogens with one attached hydrogen (secondary N) is 1. The van der Waals surface area contributed by atoms with Gasteiger partial charge < -0.3 is 15.2 Å². The minimum absolute atomic E-state index is 0.0997. The van der Waals surface area contributed by atoms with Crippen LogP contribution in [0.15, 0.2) is 0 Å². The summed E-state index contributed by atoms with van der Waals surface area (Å²) in [7, 11) is 0. The van der Waals surface area contributed by atoms with Crippen molar-refractivity contribution in [3.8, 4) is 0 Å². The molecular weight excluding hydrogens is 250 g/mol. The largest absolute Gasteiger partial charge is 0.394 e. The Hall–Kier alpha value is -0.120. The predicted octanol–water partition coefficient (Wildman–Crippen LogP) is 3.50. The molecule has 0 aromatic carbocycles. The Morgan fingerprint density at radius 2 is 2.00 bits per heavy atom. The van der Waals surface area contributed by atoms with Crippen molar-refractivity contribution in [2.24, 2.45) is 5.92 Å². The molecule has 0 aromatic heterocycles. The molecule has 0 spiro atoms. The van der Waals surface area contributed by atoms with Crippen LogP contribution in [0.2, 0.25) is 0 Å². The first-order valence-electron chi connectivity index (χ1n) is 8.65. The van der Waals surface area contributed by atoms with Gasteiger partial charge in [0.1, 0.15) is 0 Å². The number of rotatable bonds is 10. The van der Waals surface area contributed by atoms with E-state index in [1.807, 2.05) is 0 Å². The van der Waals surface area contributed by atoms with Gasteiger partial charge in [-0.15, -0.1) is 0 Å². The molecule has 0 saturated heterocycles. The number of hydrogen-bond donors (Lipinski definition) is 2. The van der Waals surface area contributed by atoms with E-state index >= 15 is 0 Å². The molecule has 1 aliphatic carbocycles. The molecule has 0 bridgehead atoms. The highest BCUT2D eigenvalue weighted by molar-refractivity contribution is 4.86. The number of aliphatic hydroxyl groups is 1. The molecule has 20 heavy (non-hydrogen) atoms. The minimum Gasteiger partial charge on any atom is -0.394 e. The SMILES string of the molecule is CCCNC(CC)(CO)CCCOC1CCCCC1C. The lowest BCUT2D eigenvalue weighted by atomic mass is 9.88. The second kappa shape index (κ2) is 9.75. The fourth-order valence-electron chi connectivity index (χ4n) is 3.20. The van der Waals surface area contributed by atoms with E-state index in [-0.39, 0.29) is 12.1 Å². The van der Waals surface area contributed by atoms with Crippen molar-refractivity contribution >= 4 is 0 Å². The lowest BCUT2D eigenvalue weighted by Crippen LogP contribution is -2.48. The van der Waals surface area contributed by atoms with Crippen LogP contribution in [-0.2, 0) is 4.74 Å². The molecule has 1 fully saturated rings. The minimum atomic E-state index is -0.0997. The summed E-state index contributed by atoms with van der Waals surface area (Å²) in [6.45, 7) is 8.68. The molecule has 3 unspecified atom stereocenters. The maximum Gasteiger partial charge on any atom is 0.0613 e. The lowest BCUT2D eigenvalue weighted by Gasteiger charge is -2.33. The highest BCUT2D eigenvalue weighted by atomic mass is 16.5. The lowest BCUT2D eigenvalue weighted by molar-refractivity contribution is -0.00998. The Bertz CT molecular complexity index is 241. The van der Waals surface area contributed by atoms with Gasteiger partial charge >= 0.3 is 0 Å². The van der Waals surface area contributed by atoms with E-state index in [0.717, 1.165) is 44.8 Å². The number of hydrogen-bond acceptors (Lipinski definition) is 3. The van der Waals surface area contributed by atoms with Gasteiger partial charge in [-0.3, -0.25) is 0 Å². The average Bonchev–Trinajstić information content (AvgIpc) is 2.49. The van der Waals surface area contributed by atoms with E-state index < -0.39 is 0 Å². The smallest absolute Gasteiger partial charge is 0.0613 e. The van der Waals surface area contributed by atoms with Gasteiger partial charge in [-0.1, -0.05) is 33.6 Å². The van der Waals surface area contributed by atoms with Crippen LogP contribution in [0.25, 0.3) is 0 Å². The molecule has 3 atom stereocenters. The molecule has 1 rings (SSSR count). The van der Waals surface area contributed by atoms with Crippen LogP contribution in [0.5, 0.6) is 0 Å². The zero-order valence-corrected chi connectivity index (χ0v) is 13.8. The predicted molar refractivity (Wildman–Crippen MR) is 85.0 cm³/mol. The third-order valence-electron chi connectivity index (χ3n) is 4.89. The second-order valence-electron chi connectivity index (χ2n) is 6.49. The van der Waals surface area contributed by atoms with Crippen LogP contribution in [-0.4, -0.2) is 36.5 Å². The third-order valence-corrected chi connectivity index (χ3v) is 4.89. The summed E-state index contributed by atoms with van der Waals surface area (Å²) >= 11 is 0. The first-order chi connectivity index (χ1) is 9.67. The second-order valence-corrected chi connectivity index (χ2v) is 6.49. The summed E-state index contributed by atoms with van der Waals surface area (Å²) in [6, 6.07) is 0. The molecular formula is C17H35NO2. The van der Waals surface area contributed by atoms with E-state index in [2.05, 4.69) is 26.1 Å². The van der Waals surface area contributed by atoms with Gasteiger partial charge in [0, 0.05) is 12.1 Å². The van der Waals surface area contributed by atoms with Gasteiger partial charge in [0.2, 0.25) is 0 Å². The summed E-state index contributed by atoms with van der Waals surface area (Å²) in [5.41, 5.74) is -0.0997. The maximum atomic E-state index is 9.69. The molecule has 0 aromatic rings. The molecule has 0 heterocycles. The maximum absolute atomic E-state index is 9.69. The van der Waals surface area contributed by atoms with Crippen molar-refractivity contribution in [2.45, 2.75) is 83.8 Å². The van der Waals surface area contributed by atoms with Crippen LogP contribution >= 0.6 is 0 Å². The highest BCUT2D eigenvalue weighted by Gasteiger charge is 2.26. The molecule has 0 amide bonds. The Kier molecular flexibility index (Phi) is 8.74. The van der Waals surface area contributed by atoms with Gasteiger partial charge in [-0.05, 0) is 51.0 Å². The van der Waals surface area contributed by atoms with Crippen LogP contribution < -0.4 is 5.32 Å². The van der Waals surface area contributed by atoms with Crippen LogP contribution in [0.3, 0.4) is 0 Å². The first kappa shape index (κ1) is 17.9. The molecule has 120 valence electrons. The summed E-state index contributed by atoms with van der Waals surface area (Å²) in [6.07, 6.45) is 9.83. The van der Waals surface area contributed by atoms with Crippen molar-refractivity contribution in [3.63, 3.8) is 0 Å². The van der Waals surface area contributed by atoms with Gasteiger partial charge in [0.15, 0.2) is 0 Å². The van der Waals surface area contributed by atoms with Gasteiger partial charge in [-0.2, -0.15) is 0 Å². The van der Waals surface area contributed by atoms with Crippen molar-refractivity contribution < 1.29 is 9.84 Å². The van der Waals surface area contributed by atoms with Crippen molar-refractivity contribution in [3.05, 3.63) is 0 Å². The standard InChI is InChI=1S/C17H35NO2/c1-4-12-18-17(5-2,14-19)11-8-13-20-16-10-7-6-9-15(16)3/h15-16,18-19H,4-14H2,1-3H3. The normalized spacial score (nSPS) is 26.4. The molecule has 3 nitrogen and oxygen atoms in total. The zero-order chi connectivity index (χ0) is 14.8. The first-order valence-corrected chi connectivity index (χ1v) is 8.65. The topological polar surface area (TPSA) is 41.5 Å². The van der Waals surface area contributed by atoms with Gasteiger partial charge in [-0.25, -0.2) is 0 Å². The van der Waals surface area contributed by atoms with Crippen molar-refractivity contribution in [1.29, 1.82) is 0 Å². The van der Waals surface area contributed by atoms with Crippen LogP contribution in [0.1, 0.15) is 72.1 Å². The van der Waals surface area contributed by atoms with Crippen LogP contribution in [0.4, 0.5) is 0 Å². The van der Waals surface area contributed by atoms with Gasteiger partial charge in [0.25, 0.3) is 0 Å². The Morgan fingerprint density at radius 3 is 2.60 bits per heavy atom. The molecule has 0 aliphatic heterocycles. The zero-order valence-electron chi connectivity index (χ0n) is 13.8. The van der Waals surface area contributed by atoms with Gasteiger partial charge in [0.05, 0.1) is 12.7 Å². The molecule has 0 radical (unpaired) electrons. The Balaban J connectivity index is 2.25. The number of aliphatic hydroxyl groups excluding tert-OH is 1. The van der Waals surface area contributed by atoms with E-state index in [9.17, 15) is 5.11 Å². The molecule has 1 aliphatic rings. The summed E-state index contributed by atoms with van der Waals surface area (Å²) in [4.78, 5) is 0. The van der Waals surface area contributed by atoms with Crippen molar-refractivity contribution in [1.82, 2.24) is 5.32 Å². The quantitative estimate of drug-likeness (QED) is 0.604. The summed E-state index contributed by atoms with van der Waals surface area (Å²) < 4.78 is 6.07. The third kappa shape index (κ3) is 5.71. The molecule has 2 N–H and O–H groups in total. The monoisotopic (exact) mass is 285 g/mol. The fourth-order valence-corrected chi connectivity index (χ4v) is 3.20. The van der Waals surface area contributed by atoms with E-state index in [0.29, 0.717) is 6.10 Å². The molecule has 1 saturated carbocycles. The van der Waals surface area contributed by atoms with Crippen LogP contribution in [0, 0.1) is 5.92 Å². The van der Waals surface area contributed by atoms with Crippen molar-refractivity contribution in [2.75, 3.05) is 19.8 Å². The number of ether oxygens (including phenoxy) is 1. The Morgan fingerprint density at radius 1 is 1.25 bits per heavy atom. The fraction of sp³-hybridized carbons (Fsp3) is 1.00. The molecule has 3 heteroatoms. The highest BCUT2D eigenvalue weighted by Crippen LogP contribution is 2.26. The van der Waals surface area contributed by atoms with E-state index in [1.54, 1.807) is 0 Å². The van der Waals surface area contributed by atoms with E-state index in [4.69, 9.17) is 4.74 Å². The Labute approximate surface area is 125 Å². The van der Waals surface area contributed by atoms with E-state index in [1.165, 1.54) is 25.7 Å². The average molecular weight is 285 g/mol.